The highest BCUT2D eigenvalue weighted by molar-refractivity contribution is 5.66. The maximum atomic E-state index is 11.7. The molecule has 0 unspecified atom stereocenters. The van der Waals surface area contributed by atoms with Gasteiger partial charge in [-0.3, -0.25) is 9.78 Å². The zero-order valence-corrected chi connectivity index (χ0v) is 12.7. The monoisotopic (exact) mass is 271 g/mol. The van der Waals surface area contributed by atoms with Gasteiger partial charge in [0.1, 0.15) is 0 Å². The highest BCUT2D eigenvalue weighted by Gasteiger charge is 2.15. The first-order chi connectivity index (χ1) is 9.42. The Bertz CT molecular complexity index is 665. The van der Waals surface area contributed by atoms with E-state index >= 15 is 0 Å². The number of aromatic amines is 1. The fourth-order valence-corrected chi connectivity index (χ4v) is 2.70. The van der Waals surface area contributed by atoms with E-state index in [4.69, 9.17) is 0 Å². The summed E-state index contributed by atoms with van der Waals surface area (Å²) in [4.78, 5) is 21.0. The lowest BCUT2D eigenvalue weighted by atomic mass is 10.0. The second-order valence-electron chi connectivity index (χ2n) is 5.20. The van der Waals surface area contributed by atoms with Gasteiger partial charge in [0.05, 0.1) is 0 Å². The molecule has 0 spiro atoms. The van der Waals surface area contributed by atoms with Crippen molar-refractivity contribution in [2.45, 2.75) is 34.6 Å². The summed E-state index contributed by atoms with van der Waals surface area (Å²) in [6, 6.07) is 5.81. The van der Waals surface area contributed by atoms with Gasteiger partial charge in [-0.25, -0.2) is 4.98 Å². The predicted molar refractivity (Wildman–Crippen MR) is 82.9 cm³/mol. The van der Waals surface area contributed by atoms with Crippen molar-refractivity contribution >= 4 is 11.6 Å². The number of hydrogen-bond donors (Lipinski definition) is 1. The molecule has 0 bridgehead atoms. The third kappa shape index (κ3) is 2.74. The van der Waals surface area contributed by atoms with Crippen LogP contribution in [0.2, 0.25) is 0 Å². The Morgan fingerprint density at radius 2 is 1.70 bits per heavy atom. The van der Waals surface area contributed by atoms with Crippen LogP contribution in [0, 0.1) is 27.7 Å². The SMILES string of the molecule is CCN(c1nc(C)cc(=O)[nH]1)c1c(C)cc(C)cc1C. The minimum absolute atomic E-state index is 0.117. The quantitative estimate of drug-likeness (QED) is 0.933. The molecule has 2 aromatic rings. The molecule has 0 radical (unpaired) electrons. The average molecular weight is 271 g/mol. The molecule has 1 aromatic heterocycles. The highest BCUT2D eigenvalue weighted by Crippen LogP contribution is 2.30. The molecule has 1 heterocycles. The molecule has 1 N–H and O–H groups in total. The van der Waals surface area contributed by atoms with Crippen molar-refractivity contribution in [2.75, 3.05) is 11.4 Å². The van der Waals surface area contributed by atoms with E-state index in [0.29, 0.717) is 5.95 Å². The van der Waals surface area contributed by atoms with Crippen molar-refractivity contribution in [3.63, 3.8) is 0 Å². The average Bonchev–Trinajstić information content (AvgIpc) is 2.32. The number of anilines is 2. The lowest BCUT2D eigenvalue weighted by molar-refractivity contribution is 0.913. The molecule has 0 saturated carbocycles. The minimum Gasteiger partial charge on any atom is -0.312 e. The van der Waals surface area contributed by atoms with E-state index in [1.165, 1.54) is 22.8 Å². The van der Waals surface area contributed by atoms with Gasteiger partial charge in [0.25, 0.3) is 5.56 Å². The van der Waals surface area contributed by atoms with Crippen LogP contribution in [-0.4, -0.2) is 16.5 Å². The van der Waals surface area contributed by atoms with Crippen LogP contribution < -0.4 is 10.5 Å². The molecule has 1 aromatic carbocycles. The maximum Gasteiger partial charge on any atom is 0.252 e. The summed E-state index contributed by atoms with van der Waals surface area (Å²) in [6.45, 7) is 10.9. The van der Waals surface area contributed by atoms with Crippen LogP contribution in [0.5, 0.6) is 0 Å². The minimum atomic E-state index is -0.117. The smallest absolute Gasteiger partial charge is 0.252 e. The third-order valence-electron chi connectivity index (χ3n) is 3.33. The van der Waals surface area contributed by atoms with E-state index in [-0.39, 0.29) is 5.56 Å². The third-order valence-corrected chi connectivity index (χ3v) is 3.33. The van der Waals surface area contributed by atoms with Crippen LogP contribution >= 0.6 is 0 Å². The number of aryl methyl sites for hydroxylation is 4. The second-order valence-corrected chi connectivity index (χ2v) is 5.20. The number of rotatable bonds is 3. The number of nitrogens with zero attached hydrogens (tertiary/aromatic N) is 2. The first-order valence-corrected chi connectivity index (χ1v) is 6.85. The number of benzene rings is 1. The van der Waals surface area contributed by atoms with E-state index in [1.54, 1.807) is 0 Å². The lowest BCUT2D eigenvalue weighted by Crippen LogP contribution is -2.24. The first-order valence-electron chi connectivity index (χ1n) is 6.85. The van der Waals surface area contributed by atoms with Gasteiger partial charge in [0.15, 0.2) is 0 Å². The molecule has 106 valence electrons. The predicted octanol–water partition coefficient (Wildman–Crippen LogP) is 3.16. The van der Waals surface area contributed by atoms with Gasteiger partial charge in [-0.2, -0.15) is 0 Å². The Morgan fingerprint density at radius 1 is 1.10 bits per heavy atom. The van der Waals surface area contributed by atoms with Crippen LogP contribution in [0.25, 0.3) is 0 Å². The van der Waals surface area contributed by atoms with Crippen molar-refractivity contribution in [2.24, 2.45) is 0 Å². The summed E-state index contributed by atoms with van der Waals surface area (Å²) >= 11 is 0. The molecule has 0 aliphatic heterocycles. The van der Waals surface area contributed by atoms with Gasteiger partial charge in [0.2, 0.25) is 5.95 Å². The van der Waals surface area contributed by atoms with Gasteiger partial charge in [-0.05, 0) is 45.7 Å². The van der Waals surface area contributed by atoms with Crippen LogP contribution in [-0.2, 0) is 0 Å². The van der Waals surface area contributed by atoms with E-state index in [9.17, 15) is 4.79 Å². The maximum absolute atomic E-state index is 11.7. The van der Waals surface area contributed by atoms with Crippen LogP contribution in [0.3, 0.4) is 0 Å². The fraction of sp³-hybridized carbons (Fsp3) is 0.375. The standard InChI is InChI=1S/C16H21N3O/c1-6-19(16-17-13(5)9-14(20)18-16)15-11(3)7-10(2)8-12(15)4/h7-9H,6H2,1-5H3,(H,17,18,20). The Labute approximate surface area is 119 Å². The van der Waals surface area contributed by atoms with Crippen molar-refractivity contribution in [3.05, 3.63) is 50.9 Å². The molecule has 0 atom stereocenters. The van der Waals surface area contributed by atoms with E-state index in [1.807, 2.05) is 6.92 Å². The molecule has 0 fully saturated rings. The fourth-order valence-electron chi connectivity index (χ4n) is 2.70. The van der Waals surface area contributed by atoms with Crippen LogP contribution in [0.1, 0.15) is 29.3 Å². The van der Waals surface area contributed by atoms with E-state index < -0.39 is 0 Å². The summed E-state index contributed by atoms with van der Waals surface area (Å²) in [7, 11) is 0. The molecule has 4 heteroatoms. The normalized spacial score (nSPS) is 10.7. The number of nitrogens with one attached hydrogen (secondary N) is 1. The Balaban J connectivity index is 2.61. The topological polar surface area (TPSA) is 49.0 Å². The van der Waals surface area contributed by atoms with E-state index in [0.717, 1.165) is 17.9 Å². The Morgan fingerprint density at radius 3 is 2.20 bits per heavy atom. The molecule has 0 aliphatic rings. The molecular weight excluding hydrogens is 250 g/mol. The van der Waals surface area contributed by atoms with E-state index in [2.05, 4.69) is 54.7 Å². The number of H-pyrrole nitrogens is 1. The molecule has 2 rings (SSSR count). The van der Waals surface area contributed by atoms with Crippen LogP contribution in [0.15, 0.2) is 23.0 Å². The first kappa shape index (κ1) is 14.3. The van der Waals surface area contributed by atoms with Gasteiger partial charge in [-0.1, -0.05) is 17.7 Å². The highest BCUT2D eigenvalue weighted by atomic mass is 16.1. The van der Waals surface area contributed by atoms with Crippen LogP contribution in [0.4, 0.5) is 11.6 Å². The Hall–Kier alpha value is -2.10. The lowest BCUT2D eigenvalue weighted by Gasteiger charge is -2.26. The molecule has 0 aliphatic carbocycles. The summed E-state index contributed by atoms with van der Waals surface area (Å²) in [5, 5.41) is 0. The van der Waals surface area contributed by atoms with Gasteiger partial charge >= 0.3 is 0 Å². The largest absolute Gasteiger partial charge is 0.312 e. The molecule has 0 saturated heterocycles. The zero-order chi connectivity index (χ0) is 14.9. The summed E-state index contributed by atoms with van der Waals surface area (Å²) in [6.07, 6.45) is 0. The Kier molecular flexibility index (Phi) is 3.93. The van der Waals surface area contributed by atoms with Gasteiger partial charge in [0, 0.05) is 24.0 Å². The summed E-state index contributed by atoms with van der Waals surface area (Å²) in [5.41, 5.74) is 5.34. The zero-order valence-electron chi connectivity index (χ0n) is 12.7. The van der Waals surface area contributed by atoms with Crippen molar-refractivity contribution < 1.29 is 0 Å². The molecular formula is C16H21N3O. The van der Waals surface area contributed by atoms with Crippen molar-refractivity contribution in [1.29, 1.82) is 0 Å². The number of hydrogen-bond acceptors (Lipinski definition) is 3. The van der Waals surface area contributed by atoms with Crippen molar-refractivity contribution in [1.82, 2.24) is 9.97 Å². The molecule has 0 amide bonds. The summed E-state index contributed by atoms with van der Waals surface area (Å²) in [5.74, 6) is 0.604. The molecule has 20 heavy (non-hydrogen) atoms. The molecule has 4 nitrogen and oxygen atoms in total. The van der Waals surface area contributed by atoms with Crippen molar-refractivity contribution in [3.8, 4) is 0 Å². The van der Waals surface area contributed by atoms with Gasteiger partial charge < -0.3 is 4.90 Å². The van der Waals surface area contributed by atoms with Gasteiger partial charge in [-0.15, -0.1) is 0 Å². The summed E-state index contributed by atoms with van der Waals surface area (Å²) < 4.78 is 0. The number of aromatic nitrogens is 2. The second kappa shape index (κ2) is 5.49.